The number of rotatable bonds is 5. The molecular formula is C14H18N4O3. The molecule has 7 heteroatoms. The Bertz CT molecular complexity index is 691. The van der Waals surface area contributed by atoms with Gasteiger partial charge < -0.3 is 19.8 Å². The number of esters is 1. The highest BCUT2D eigenvalue weighted by Gasteiger charge is 2.23. The van der Waals surface area contributed by atoms with E-state index in [0.29, 0.717) is 34.6 Å². The molecule has 0 fully saturated rings. The molecule has 0 aromatic carbocycles. The summed E-state index contributed by atoms with van der Waals surface area (Å²) in [6.07, 6.45) is 2.81. The van der Waals surface area contributed by atoms with Crippen molar-refractivity contribution in [1.29, 1.82) is 0 Å². The predicted molar refractivity (Wildman–Crippen MR) is 79.6 cm³/mol. The molecule has 2 aromatic rings. The van der Waals surface area contributed by atoms with Gasteiger partial charge in [0.2, 0.25) is 0 Å². The van der Waals surface area contributed by atoms with Crippen LogP contribution >= 0.6 is 0 Å². The van der Waals surface area contributed by atoms with Crippen LogP contribution in [0.4, 0.5) is 0 Å². The third-order valence-electron chi connectivity index (χ3n) is 3.18. The van der Waals surface area contributed by atoms with Crippen LogP contribution in [0.25, 0.3) is 11.0 Å². The molecule has 2 N–H and O–H groups in total. The highest BCUT2D eigenvalue weighted by Crippen LogP contribution is 2.28. The molecule has 2 heterocycles. The molecule has 0 aliphatic heterocycles. The van der Waals surface area contributed by atoms with Crippen molar-refractivity contribution in [3.05, 3.63) is 23.5 Å². The number of hydrogen-bond acceptors (Lipinski definition) is 5. The fraction of sp³-hybridized carbons (Fsp3) is 0.357. The maximum Gasteiger partial charge on any atom is 0.340 e. The number of pyridine rings is 1. The molecule has 0 saturated heterocycles. The number of methoxy groups -OCH3 is 1. The number of aryl methyl sites for hydroxylation is 1. The second-order valence-electron chi connectivity index (χ2n) is 4.34. The number of nitrogens with two attached hydrogens (primary N) is 1. The summed E-state index contributed by atoms with van der Waals surface area (Å²) in [6.45, 7) is 2.34. The summed E-state index contributed by atoms with van der Waals surface area (Å²) in [5.41, 5.74) is 7.12. The molecule has 0 bridgehead atoms. The van der Waals surface area contributed by atoms with Crippen LogP contribution in [0, 0.1) is 0 Å². The standard InChI is InChI=1S/C14H18N4O3/c1-4-21-14(19)12-10-5-9(20-3)6-17-13(10)18(2)11(12)7-16-8-15/h5-6,8H,4,7H2,1-3H3,(H2,15,16). The number of nitrogens with zero attached hydrogens (tertiary/aromatic N) is 3. The van der Waals surface area contributed by atoms with E-state index < -0.39 is 5.97 Å². The van der Waals surface area contributed by atoms with E-state index in [-0.39, 0.29) is 6.54 Å². The van der Waals surface area contributed by atoms with Gasteiger partial charge in [0.1, 0.15) is 11.4 Å². The Morgan fingerprint density at radius 2 is 2.33 bits per heavy atom. The van der Waals surface area contributed by atoms with Crippen molar-refractivity contribution in [2.75, 3.05) is 13.7 Å². The molecule has 112 valence electrons. The lowest BCUT2D eigenvalue weighted by molar-refractivity contribution is 0.0527. The SMILES string of the molecule is CCOC(=O)c1c(CN=CN)n(C)c2ncc(OC)cc12. The monoisotopic (exact) mass is 290 g/mol. The number of hydrogen-bond donors (Lipinski definition) is 1. The van der Waals surface area contributed by atoms with Crippen LogP contribution in [0.5, 0.6) is 5.75 Å². The minimum absolute atomic E-state index is 0.278. The van der Waals surface area contributed by atoms with Crippen LogP contribution in [0.1, 0.15) is 23.0 Å². The van der Waals surface area contributed by atoms with Crippen molar-refractivity contribution in [1.82, 2.24) is 9.55 Å². The fourth-order valence-electron chi connectivity index (χ4n) is 2.21. The van der Waals surface area contributed by atoms with Crippen molar-refractivity contribution in [2.45, 2.75) is 13.5 Å². The van der Waals surface area contributed by atoms with Crippen LogP contribution < -0.4 is 10.5 Å². The topological polar surface area (TPSA) is 91.7 Å². The van der Waals surface area contributed by atoms with Crippen molar-refractivity contribution < 1.29 is 14.3 Å². The molecule has 0 aliphatic rings. The van der Waals surface area contributed by atoms with Gasteiger partial charge in [-0.2, -0.15) is 0 Å². The van der Waals surface area contributed by atoms with Gasteiger partial charge in [-0.15, -0.1) is 0 Å². The first-order valence-electron chi connectivity index (χ1n) is 6.52. The molecule has 7 nitrogen and oxygen atoms in total. The van der Waals surface area contributed by atoms with Gasteiger partial charge in [-0.25, -0.2) is 9.78 Å². The number of aliphatic imine (C=N–C) groups is 1. The van der Waals surface area contributed by atoms with Crippen LogP contribution in [0.15, 0.2) is 17.3 Å². The molecule has 0 unspecified atom stereocenters. The molecule has 0 aliphatic carbocycles. The van der Waals surface area contributed by atoms with Crippen LogP contribution in [-0.2, 0) is 18.3 Å². The van der Waals surface area contributed by atoms with E-state index in [1.54, 1.807) is 26.3 Å². The quantitative estimate of drug-likeness (QED) is 0.508. The van der Waals surface area contributed by atoms with E-state index in [1.165, 1.54) is 6.34 Å². The number of aromatic nitrogens is 2. The van der Waals surface area contributed by atoms with Gasteiger partial charge >= 0.3 is 5.97 Å². The molecule has 2 rings (SSSR count). The summed E-state index contributed by atoms with van der Waals surface area (Å²) in [7, 11) is 3.38. The number of fused-ring (bicyclic) bond motifs is 1. The Morgan fingerprint density at radius 3 is 2.95 bits per heavy atom. The zero-order valence-electron chi connectivity index (χ0n) is 12.3. The van der Waals surface area contributed by atoms with Gasteiger partial charge in [-0.3, -0.25) is 4.99 Å². The third-order valence-corrected chi connectivity index (χ3v) is 3.18. The minimum atomic E-state index is -0.402. The summed E-state index contributed by atoms with van der Waals surface area (Å²) in [5, 5.41) is 0.678. The fourth-order valence-corrected chi connectivity index (χ4v) is 2.21. The zero-order chi connectivity index (χ0) is 15.4. The van der Waals surface area contributed by atoms with Gasteiger partial charge in [-0.05, 0) is 13.0 Å². The lowest BCUT2D eigenvalue weighted by Crippen LogP contribution is -2.09. The van der Waals surface area contributed by atoms with E-state index in [9.17, 15) is 4.79 Å². The first-order chi connectivity index (χ1) is 10.1. The van der Waals surface area contributed by atoms with Crippen molar-refractivity contribution in [2.24, 2.45) is 17.8 Å². The van der Waals surface area contributed by atoms with E-state index in [2.05, 4.69) is 9.98 Å². The molecule has 21 heavy (non-hydrogen) atoms. The molecular weight excluding hydrogens is 272 g/mol. The Labute approximate surface area is 122 Å². The van der Waals surface area contributed by atoms with Crippen LogP contribution in [0.3, 0.4) is 0 Å². The van der Waals surface area contributed by atoms with Crippen molar-refractivity contribution >= 4 is 23.3 Å². The number of carbonyl (C=O) groups excluding carboxylic acids is 1. The molecule has 0 amide bonds. The Kier molecular flexibility index (Phi) is 4.42. The second kappa shape index (κ2) is 6.25. The Morgan fingerprint density at radius 1 is 1.57 bits per heavy atom. The number of carbonyl (C=O) groups is 1. The average molecular weight is 290 g/mol. The average Bonchev–Trinajstić information content (AvgIpc) is 2.77. The first kappa shape index (κ1) is 14.8. The van der Waals surface area contributed by atoms with E-state index in [0.717, 1.165) is 0 Å². The van der Waals surface area contributed by atoms with Crippen LogP contribution in [-0.4, -0.2) is 35.6 Å². The summed E-state index contributed by atoms with van der Waals surface area (Å²) >= 11 is 0. The summed E-state index contributed by atoms with van der Waals surface area (Å²) in [6, 6.07) is 1.77. The second-order valence-corrected chi connectivity index (χ2v) is 4.34. The van der Waals surface area contributed by atoms with Gasteiger partial charge in [0.15, 0.2) is 0 Å². The van der Waals surface area contributed by atoms with Gasteiger partial charge in [-0.1, -0.05) is 0 Å². The third kappa shape index (κ3) is 2.67. The predicted octanol–water partition coefficient (Wildman–Crippen LogP) is 1.25. The Balaban J connectivity index is 2.70. The molecule has 0 radical (unpaired) electrons. The molecule has 2 aromatic heterocycles. The highest BCUT2D eigenvalue weighted by atomic mass is 16.5. The molecule has 0 atom stereocenters. The smallest absolute Gasteiger partial charge is 0.340 e. The van der Waals surface area contributed by atoms with Gasteiger partial charge in [0.05, 0.1) is 44.1 Å². The molecule has 0 saturated carbocycles. The first-order valence-corrected chi connectivity index (χ1v) is 6.52. The van der Waals surface area contributed by atoms with Crippen molar-refractivity contribution in [3.8, 4) is 5.75 Å². The molecule has 0 spiro atoms. The Hall–Kier alpha value is -2.57. The summed E-state index contributed by atoms with van der Waals surface area (Å²) < 4.78 is 12.1. The van der Waals surface area contributed by atoms with Crippen molar-refractivity contribution in [3.63, 3.8) is 0 Å². The largest absolute Gasteiger partial charge is 0.495 e. The highest BCUT2D eigenvalue weighted by molar-refractivity contribution is 6.05. The van der Waals surface area contributed by atoms with Gasteiger partial charge in [0, 0.05) is 12.4 Å². The van der Waals surface area contributed by atoms with Gasteiger partial charge in [0.25, 0.3) is 0 Å². The maximum atomic E-state index is 12.3. The lowest BCUT2D eigenvalue weighted by Gasteiger charge is -2.04. The zero-order valence-corrected chi connectivity index (χ0v) is 12.3. The lowest BCUT2D eigenvalue weighted by atomic mass is 10.1. The summed E-state index contributed by atoms with van der Waals surface area (Å²) in [5.74, 6) is 0.174. The number of ether oxygens (including phenoxy) is 2. The maximum absolute atomic E-state index is 12.3. The van der Waals surface area contributed by atoms with Crippen LogP contribution in [0.2, 0.25) is 0 Å². The van der Waals surface area contributed by atoms with E-state index in [1.807, 2.05) is 11.6 Å². The minimum Gasteiger partial charge on any atom is -0.495 e. The normalized spacial score (nSPS) is 11.2. The van der Waals surface area contributed by atoms with E-state index in [4.69, 9.17) is 15.2 Å². The van der Waals surface area contributed by atoms with E-state index >= 15 is 0 Å². The summed E-state index contributed by atoms with van der Waals surface area (Å²) in [4.78, 5) is 20.6.